The summed E-state index contributed by atoms with van der Waals surface area (Å²) >= 11 is 0. The third-order valence-corrected chi connectivity index (χ3v) is 4.85. The topological polar surface area (TPSA) is 84.5 Å². The van der Waals surface area contributed by atoms with E-state index < -0.39 is 6.10 Å². The molecule has 0 bridgehead atoms. The molecule has 0 spiro atoms. The van der Waals surface area contributed by atoms with Crippen molar-refractivity contribution < 1.29 is 14.3 Å². The fraction of sp³-hybridized carbons (Fsp3) is 0.550. The summed E-state index contributed by atoms with van der Waals surface area (Å²) < 4.78 is 11.4. The Morgan fingerprint density at radius 2 is 2.22 bits per heavy atom. The molecule has 0 saturated carbocycles. The van der Waals surface area contributed by atoms with Gasteiger partial charge in [-0.3, -0.25) is 9.59 Å². The maximum absolute atomic E-state index is 12.7. The van der Waals surface area contributed by atoms with Crippen molar-refractivity contribution in [3.63, 3.8) is 0 Å². The lowest BCUT2D eigenvalue weighted by molar-refractivity contribution is -0.146. The monoisotopic (exact) mass is 373 g/mol. The van der Waals surface area contributed by atoms with Crippen LogP contribution in [0.2, 0.25) is 0 Å². The van der Waals surface area contributed by atoms with Crippen LogP contribution in [0.25, 0.3) is 10.9 Å². The minimum absolute atomic E-state index is 0.0718. The number of para-hydroxylation sites is 1. The van der Waals surface area contributed by atoms with Gasteiger partial charge in [0.25, 0.3) is 11.5 Å². The van der Waals surface area contributed by atoms with Crippen molar-refractivity contribution in [3.05, 3.63) is 40.4 Å². The summed E-state index contributed by atoms with van der Waals surface area (Å²) in [5.74, 6) is 0.348. The van der Waals surface area contributed by atoms with E-state index in [2.05, 4.69) is 9.97 Å². The van der Waals surface area contributed by atoms with E-state index in [4.69, 9.17) is 9.47 Å². The summed E-state index contributed by atoms with van der Waals surface area (Å²) in [7, 11) is 0. The van der Waals surface area contributed by atoms with E-state index in [9.17, 15) is 9.59 Å². The van der Waals surface area contributed by atoms with Crippen LogP contribution in [0.5, 0.6) is 0 Å². The zero-order valence-electron chi connectivity index (χ0n) is 15.9. The van der Waals surface area contributed by atoms with Crippen LogP contribution in [0.3, 0.4) is 0 Å². The molecule has 1 aromatic heterocycles. The lowest BCUT2D eigenvalue weighted by Crippen LogP contribution is -2.40. The molecule has 3 rings (SSSR count). The Balaban J connectivity index is 1.63. The third-order valence-electron chi connectivity index (χ3n) is 4.85. The van der Waals surface area contributed by atoms with Crippen LogP contribution in [-0.4, -0.2) is 52.7 Å². The number of nitrogens with one attached hydrogen (secondary N) is 1. The summed E-state index contributed by atoms with van der Waals surface area (Å²) in [6, 6.07) is 7.17. The van der Waals surface area contributed by atoms with Gasteiger partial charge in [0, 0.05) is 13.2 Å². The Morgan fingerprint density at radius 1 is 1.41 bits per heavy atom. The molecule has 0 radical (unpaired) electrons. The van der Waals surface area contributed by atoms with Gasteiger partial charge in [-0.25, -0.2) is 4.98 Å². The van der Waals surface area contributed by atoms with Gasteiger partial charge in [-0.15, -0.1) is 0 Å². The molecular weight excluding hydrogens is 346 g/mol. The third kappa shape index (κ3) is 4.93. The maximum Gasteiger partial charge on any atom is 0.258 e. The van der Waals surface area contributed by atoms with Crippen molar-refractivity contribution in [1.82, 2.24) is 14.9 Å². The Bertz CT molecular complexity index is 829. The minimum Gasteiger partial charge on any atom is -0.376 e. The number of nitrogens with zero attached hydrogens (tertiary/aromatic N) is 2. The maximum atomic E-state index is 12.7. The van der Waals surface area contributed by atoms with Crippen LogP contribution in [0, 0.1) is 0 Å². The quantitative estimate of drug-likeness (QED) is 0.805. The van der Waals surface area contributed by atoms with Crippen molar-refractivity contribution in [2.24, 2.45) is 0 Å². The Hall–Kier alpha value is -2.25. The molecular formula is C20H27N3O4. The molecule has 2 atom stereocenters. The van der Waals surface area contributed by atoms with Gasteiger partial charge < -0.3 is 19.4 Å². The van der Waals surface area contributed by atoms with Gasteiger partial charge in [-0.2, -0.15) is 0 Å². The first-order valence-corrected chi connectivity index (χ1v) is 9.58. The fourth-order valence-corrected chi connectivity index (χ4v) is 3.26. The van der Waals surface area contributed by atoms with Crippen molar-refractivity contribution >= 4 is 16.8 Å². The molecule has 2 unspecified atom stereocenters. The van der Waals surface area contributed by atoms with E-state index >= 15 is 0 Å². The van der Waals surface area contributed by atoms with Gasteiger partial charge in [-0.05, 0) is 45.2 Å². The number of likely N-dealkylation sites (N-methyl/N-ethyl adjacent to an activating group) is 1. The minimum atomic E-state index is -0.567. The number of hydrogen-bond donors (Lipinski definition) is 1. The first-order chi connectivity index (χ1) is 13.1. The van der Waals surface area contributed by atoms with Crippen LogP contribution in [0.1, 0.15) is 38.9 Å². The highest BCUT2D eigenvalue weighted by Crippen LogP contribution is 2.14. The predicted molar refractivity (Wildman–Crippen MR) is 102 cm³/mol. The predicted octanol–water partition coefficient (Wildman–Crippen LogP) is 2.25. The number of fused-ring (bicyclic) bond motifs is 1. The van der Waals surface area contributed by atoms with Gasteiger partial charge in [0.1, 0.15) is 11.9 Å². The lowest BCUT2D eigenvalue weighted by atomic mass is 10.1. The van der Waals surface area contributed by atoms with E-state index in [1.165, 1.54) is 0 Å². The van der Waals surface area contributed by atoms with E-state index in [-0.39, 0.29) is 24.1 Å². The van der Waals surface area contributed by atoms with Crippen LogP contribution in [0.15, 0.2) is 29.1 Å². The number of carbonyl (C=O) groups excluding carboxylic acids is 1. The van der Waals surface area contributed by atoms with E-state index in [1.54, 1.807) is 30.0 Å². The number of H-pyrrole nitrogens is 1. The van der Waals surface area contributed by atoms with Crippen LogP contribution in [-0.2, 0) is 20.8 Å². The highest BCUT2D eigenvalue weighted by Gasteiger charge is 2.23. The molecule has 0 aliphatic carbocycles. The lowest BCUT2D eigenvalue weighted by Gasteiger charge is -2.27. The van der Waals surface area contributed by atoms with E-state index in [1.807, 2.05) is 13.0 Å². The molecule has 1 amide bonds. The second-order valence-corrected chi connectivity index (χ2v) is 6.85. The zero-order valence-corrected chi connectivity index (χ0v) is 15.9. The number of ether oxygens (including phenoxy) is 2. The first kappa shape index (κ1) is 19.5. The van der Waals surface area contributed by atoms with Crippen LogP contribution >= 0.6 is 0 Å². The largest absolute Gasteiger partial charge is 0.376 e. The normalized spacial score (nSPS) is 18.4. The number of aromatic amines is 1. The van der Waals surface area contributed by atoms with Crippen molar-refractivity contribution in [1.29, 1.82) is 0 Å². The average molecular weight is 373 g/mol. The van der Waals surface area contributed by atoms with Crippen molar-refractivity contribution in [3.8, 4) is 0 Å². The average Bonchev–Trinajstić information content (AvgIpc) is 2.70. The van der Waals surface area contributed by atoms with E-state index in [0.717, 1.165) is 25.9 Å². The molecule has 1 aliphatic heterocycles. The van der Waals surface area contributed by atoms with Gasteiger partial charge in [-0.1, -0.05) is 12.1 Å². The Morgan fingerprint density at radius 3 is 2.96 bits per heavy atom. The highest BCUT2D eigenvalue weighted by atomic mass is 16.5. The number of benzene rings is 1. The van der Waals surface area contributed by atoms with Crippen LogP contribution < -0.4 is 5.56 Å². The van der Waals surface area contributed by atoms with Gasteiger partial charge in [0.2, 0.25) is 0 Å². The van der Waals surface area contributed by atoms with Crippen molar-refractivity contribution in [2.75, 3.05) is 19.8 Å². The first-order valence-electron chi connectivity index (χ1n) is 9.58. The summed E-state index contributed by atoms with van der Waals surface area (Å²) in [6.45, 7) is 5.58. The molecule has 1 aliphatic rings. The second kappa shape index (κ2) is 9.10. The van der Waals surface area contributed by atoms with Crippen molar-refractivity contribution in [2.45, 2.75) is 51.9 Å². The number of carbonyl (C=O) groups is 1. The molecule has 1 fully saturated rings. The zero-order chi connectivity index (χ0) is 19.2. The molecule has 7 heteroatoms. The standard InChI is InChI=1S/C20H27N3O4/c1-3-23(20(25)14(2)27-13-15-8-6-7-11-26-15)12-18-21-17-10-5-4-9-16(17)19(24)22-18/h4-5,9-10,14-15H,3,6-8,11-13H2,1-2H3,(H,21,22,24). The molecule has 2 aromatic rings. The molecule has 27 heavy (non-hydrogen) atoms. The molecule has 1 saturated heterocycles. The summed E-state index contributed by atoms with van der Waals surface area (Å²) in [5.41, 5.74) is 0.427. The fourth-order valence-electron chi connectivity index (χ4n) is 3.26. The number of aromatic nitrogens is 2. The molecule has 1 N–H and O–H groups in total. The SMILES string of the molecule is CCN(Cc1nc2ccccc2c(=O)[nH]1)C(=O)C(C)OCC1CCCCO1. The van der Waals surface area contributed by atoms with Gasteiger partial charge in [0.05, 0.1) is 30.2 Å². The molecule has 146 valence electrons. The van der Waals surface area contributed by atoms with Crippen LogP contribution in [0.4, 0.5) is 0 Å². The second-order valence-electron chi connectivity index (χ2n) is 6.85. The van der Waals surface area contributed by atoms with Gasteiger partial charge in [0.15, 0.2) is 0 Å². The number of amides is 1. The summed E-state index contributed by atoms with van der Waals surface area (Å²) in [6.07, 6.45) is 2.70. The Kier molecular flexibility index (Phi) is 6.58. The summed E-state index contributed by atoms with van der Waals surface area (Å²) in [5, 5.41) is 0.541. The molecule has 2 heterocycles. The highest BCUT2D eigenvalue weighted by molar-refractivity contribution is 5.80. The van der Waals surface area contributed by atoms with Gasteiger partial charge >= 0.3 is 0 Å². The smallest absolute Gasteiger partial charge is 0.258 e. The van der Waals surface area contributed by atoms with E-state index in [0.29, 0.717) is 29.9 Å². The summed E-state index contributed by atoms with van der Waals surface area (Å²) in [4.78, 5) is 33.8. The molecule has 7 nitrogen and oxygen atoms in total. The Labute approximate surface area is 158 Å². The number of hydrogen-bond acceptors (Lipinski definition) is 5. The molecule has 1 aromatic carbocycles. The number of rotatable bonds is 7.